The van der Waals surface area contributed by atoms with Crippen molar-refractivity contribution in [3.63, 3.8) is 0 Å². The predicted octanol–water partition coefficient (Wildman–Crippen LogP) is 3.22. The Morgan fingerprint density at radius 1 is 1.30 bits per heavy atom. The third-order valence-electron chi connectivity index (χ3n) is 4.93. The van der Waals surface area contributed by atoms with Crippen LogP contribution in [0.15, 0.2) is 18.3 Å². The van der Waals surface area contributed by atoms with Crippen molar-refractivity contribution < 1.29 is 33.3 Å². The number of ether oxygens (including phenoxy) is 1. The summed E-state index contributed by atoms with van der Waals surface area (Å²) in [6, 6.07) is 1.39. The maximum Gasteiger partial charge on any atom is 0.352 e. The van der Waals surface area contributed by atoms with Crippen LogP contribution in [0.3, 0.4) is 0 Å². The first kappa shape index (κ1) is 19.4. The van der Waals surface area contributed by atoms with E-state index in [9.17, 15) is 28.6 Å². The molecule has 0 fully saturated rings. The first-order chi connectivity index (χ1) is 14.3. The number of hydrogen-bond donors (Lipinski definition) is 3. The van der Waals surface area contributed by atoms with Crippen LogP contribution in [0.1, 0.15) is 23.0 Å². The van der Waals surface area contributed by atoms with Gasteiger partial charge in [0.1, 0.15) is 17.0 Å². The number of carboxylic acids is 1. The van der Waals surface area contributed by atoms with E-state index in [-0.39, 0.29) is 24.4 Å². The molecule has 3 N–H and O–H groups in total. The number of pyridine rings is 1. The summed E-state index contributed by atoms with van der Waals surface area (Å²) in [5, 5.41) is 19.4. The lowest BCUT2D eigenvalue weighted by molar-refractivity contribution is 0.0691. The Morgan fingerprint density at radius 2 is 2.03 bits per heavy atom. The lowest BCUT2D eigenvalue weighted by atomic mass is 10.1. The number of rotatable bonds is 4. The van der Waals surface area contributed by atoms with Gasteiger partial charge in [-0.15, -0.1) is 0 Å². The number of methoxy groups -OCH3 is 1. The molecule has 0 aliphatic carbocycles. The Kier molecular flexibility index (Phi) is 4.45. The summed E-state index contributed by atoms with van der Waals surface area (Å²) in [7, 11) is 1.15. The van der Waals surface area contributed by atoms with Gasteiger partial charge in [-0.2, -0.15) is 0 Å². The van der Waals surface area contributed by atoms with Crippen molar-refractivity contribution in [2.75, 3.05) is 23.5 Å². The summed E-state index contributed by atoms with van der Waals surface area (Å²) in [6.45, 7) is 1.55. The standard InChI is InChI=1S/C19H16F2N4O5/c1-3-24-15-8(6-22-17-9(15)4-10(23-17)18(27)28)7-25(19(24)29)16-13(20)11(26)5-12(30-2)14(16)21/h4-6,26H,3,7H2,1-2H3,(H,22,23)(H,27,28). The number of nitrogens with one attached hydrogen (secondary N) is 1. The Morgan fingerprint density at radius 3 is 2.67 bits per heavy atom. The number of aromatic amines is 1. The van der Waals surface area contributed by atoms with E-state index < -0.39 is 40.8 Å². The topological polar surface area (TPSA) is 119 Å². The molecule has 0 radical (unpaired) electrons. The number of carbonyl (C=O) groups excluding carboxylic acids is 1. The van der Waals surface area contributed by atoms with E-state index in [0.29, 0.717) is 16.6 Å². The van der Waals surface area contributed by atoms with Crippen molar-refractivity contribution in [3.8, 4) is 11.5 Å². The number of halogens is 2. The summed E-state index contributed by atoms with van der Waals surface area (Å²) >= 11 is 0. The van der Waals surface area contributed by atoms with Crippen LogP contribution in [0.4, 0.5) is 25.0 Å². The molecule has 0 unspecified atom stereocenters. The van der Waals surface area contributed by atoms with Gasteiger partial charge in [0, 0.05) is 29.8 Å². The molecular formula is C19H16F2N4O5. The number of benzene rings is 1. The number of phenols is 1. The van der Waals surface area contributed by atoms with Crippen molar-refractivity contribution in [3.05, 3.63) is 41.2 Å². The highest BCUT2D eigenvalue weighted by Gasteiger charge is 2.37. The monoisotopic (exact) mass is 418 g/mol. The van der Waals surface area contributed by atoms with Crippen molar-refractivity contribution >= 4 is 34.4 Å². The van der Waals surface area contributed by atoms with Gasteiger partial charge in [0.25, 0.3) is 0 Å². The Bertz CT molecular complexity index is 1210. The zero-order valence-corrected chi connectivity index (χ0v) is 15.9. The number of carbonyl (C=O) groups is 2. The molecule has 1 aliphatic rings. The summed E-state index contributed by atoms with van der Waals surface area (Å²) in [5.74, 6) is -4.91. The predicted molar refractivity (Wildman–Crippen MR) is 102 cm³/mol. The average Bonchev–Trinajstić information content (AvgIpc) is 3.16. The molecule has 0 saturated heterocycles. The number of aromatic nitrogens is 2. The molecule has 1 aliphatic heterocycles. The highest BCUT2D eigenvalue weighted by Crippen LogP contribution is 2.42. The van der Waals surface area contributed by atoms with E-state index in [2.05, 4.69) is 9.97 Å². The van der Waals surface area contributed by atoms with E-state index >= 15 is 0 Å². The van der Waals surface area contributed by atoms with Gasteiger partial charge in [-0.05, 0) is 13.0 Å². The number of anilines is 2. The smallest absolute Gasteiger partial charge is 0.352 e. The molecule has 30 heavy (non-hydrogen) atoms. The number of phenolic OH excluding ortho intramolecular Hbond substituents is 1. The fraction of sp³-hybridized carbons (Fsp3) is 0.211. The largest absolute Gasteiger partial charge is 0.505 e. The van der Waals surface area contributed by atoms with Crippen LogP contribution in [-0.2, 0) is 6.54 Å². The van der Waals surface area contributed by atoms with Gasteiger partial charge in [-0.3, -0.25) is 9.80 Å². The molecule has 3 aromatic rings. The lowest BCUT2D eigenvalue weighted by Crippen LogP contribution is -2.48. The third-order valence-corrected chi connectivity index (χ3v) is 4.93. The average molecular weight is 418 g/mol. The van der Waals surface area contributed by atoms with E-state index in [4.69, 9.17) is 4.74 Å². The second kappa shape index (κ2) is 6.87. The molecule has 2 aromatic heterocycles. The minimum absolute atomic E-state index is 0.105. The van der Waals surface area contributed by atoms with Crippen molar-refractivity contribution in [1.29, 1.82) is 0 Å². The van der Waals surface area contributed by atoms with Gasteiger partial charge < -0.3 is 19.9 Å². The number of fused-ring (bicyclic) bond motifs is 3. The number of aromatic hydroxyl groups is 1. The quantitative estimate of drug-likeness (QED) is 0.599. The minimum Gasteiger partial charge on any atom is -0.505 e. The number of hydrogen-bond acceptors (Lipinski definition) is 5. The molecule has 3 heterocycles. The molecule has 4 rings (SSSR count). The molecule has 2 amide bonds. The molecule has 11 heteroatoms. The van der Waals surface area contributed by atoms with Crippen LogP contribution < -0.4 is 14.5 Å². The second-order valence-electron chi connectivity index (χ2n) is 6.57. The third kappa shape index (κ3) is 2.70. The van der Waals surface area contributed by atoms with Gasteiger partial charge in [-0.1, -0.05) is 0 Å². The van der Waals surface area contributed by atoms with Crippen LogP contribution >= 0.6 is 0 Å². The number of nitrogens with zero attached hydrogens (tertiary/aromatic N) is 3. The van der Waals surface area contributed by atoms with Gasteiger partial charge in [0.05, 0.1) is 19.3 Å². The second-order valence-corrected chi connectivity index (χ2v) is 6.57. The molecule has 0 spiro atoms. The van der Waals surface area contributed by atoms with Crippen LogP contribution in [0.2, 0.25) is 0 Å². The highest BCUT2D eigenvalue weighted by molar-refractivity contribution is 6.12. The van der Waals surface area contributed by atoms with Crippen LogP contribution in [-0.4, -0.2) is 45.8 Å². The maximum absolute atomic E-state index is 14.8. The van der Waals surface area contributed by atoms with Crippen molar-refractivity contribution in [2.24, 2.45) is 0 Å². The first-order valence-corrected chi connectivity index (χ1v) is 8.86. The fourth-order valence-corrected chi connectivity index (χ4v) is 3.57. The fourth-order valence-electron chi connectivity index (χ4n) is 3.57. The minimum atomic E-state index is -1.30. The number of amides is 2. The number of H-pyrrole nitrogens is 1. The van der Waals surface area contributed by atoms with Gasteiger partial charge in [0.15, 0.2) is 23.1 Å². The van der Waals surface area contributed by atoms with E-state index in [1.165, 1.54) is 17.2 Å². The van der Waals surface area contributed by atoms with Crippen molar-refractivity contribution in [2.45, 2.75) is 13.5 Å². The molecule has 156 valence electrons. The zero-order valence-electron chi connectivity index (χ0n) is 15.9. The number of aromatic carboxylic acids is 1. The van der Waals surface area contributed by atoms with Crippen LogP contribution in [0.5, 0.6) is 11.5 Å². The first-order valence-electron chi connectivity index (χ1n) is 8.86. The molecule has 0 saturated carbocycles. The van der Waals surface area contributed by atoms with Crippen molar-refractivity contribution in [1.82, 2.24) is 9.97 Å². The summed E-state index contributed by atoms with van der Waals surface area (Å²) in [4.78, 5) is 33.4. The highest BCUT2D eigenvalue weighted by atomic mass is 19.1. The molecule has 1 aromatic carbocycles. The van der Waals surface area contributed by atoms with Gasteiger partial charge in [-0.25, -0.2) is 23.4 Å². The van der Waals surface area contributed by atoms with Crippen LogP contribution in [0, 0.1) is 11.6 Å². The summed E-state index contributed by atoms with van der Waals surface area (Å²) in [5.41, 5.74) is 0.261. The lowest BCUT2D eigenvalue weighted by Gasteiger charge is -2.37. The molecule has 0 bridgehead atoms. The van der Waals surface area contributed by atoms with Gasteiger partial charge in [0.2, 0.25) is 0 Å². The normalized spacial score (nSPS) is 13.7. The SMILES string of the molecule is CCN1C(=O)N(c2c(F)c(O)cc(OC)c2F)Cc2cnc3[nH]c(C(=O)O)cc3c21. The van der Waals surface area contributed by atoms with Gasteiger partial charge >= 0.3 is 12.0 Å². The molecule has 0 atom stereocenters. The summed E-state index contributed by atoms with van der Waals surface area (Å²) < 4.78 is 34.3. The van der Waals surface area contributed by atoms with E-state index in [0.717, 1.165) is 18.1 Å². The van der Waals surface area contributed by atoms with E-state index in [1.807, 2.05) is 0 Å². The van der Waals surface area contributed by atoms with Crippen LogP contribution in [0.25, 0.3) is 11.0 Å². The van der Waals surface area contributed by atoms with E-state index in [1.54, 1.807) is 6.92 Å². The Hall–Kier alpha value is -3.89. The Labute approximate surface area is 168 Å². The zero-order chi connectivity index (χ0) is 21.7. The molecule has 9 nitrogen and oxygen atoms in total. The summed E-state index contributed by atoms with van der Waals surface area (Å²) in [6.07, 6.45) is 1.40. The Balaban J connectivity index is 1.92. The molecular weight excluding hydrogens is 402 g/mol. The maximum atomic E-state index is 14.8. The number of carboxylic acid groups (broad SMARTS) is 1. The number of urea groups is 1.